The number of anilines is 1. The molecule has 1 aromatic rings. The predicted molar refractivity (Wildman–Crippen MR) is 85.5 cm³/mol. The molecule has 0 aliphatic rings. The molecule has 0 radical (unpaired) electrons. The molecule has 21 heavy (non-hydrogen) atoms. The molecule has 3 amide bonds. The zero-order chi connectivity index (χ0) is 16.2. The molecule has 0 aliphatic carbocycles. The first-order chi connectivity index (χ1) is 9.56. The highest BCUT2D eigenvalue weighted by molar-refractivity contribution is 5.92. The number of carbonyl (C=O) groups is 2. The number of nitrogens with zero attached hydrogens (tertiary/aromatic N) is 1. The van der Waals surface area contributed by atoms with Gasteiger partial charge in [-0.25, -0.2) is 4.79 Å². The average molecular weight is 291 g/mol. The van der Waals surface area contributed by atoms with E-state index < -0.39 is 0 Å². The number of hydrogen-bond acceptors (Lipinski definition) is 2. The van der Waals surface area contributed by atoms with E-state index in [1.54, 1.807) is 7.05 Å². The monoisotopic (exact) mass is 291 g/mol. The van der Waals surface area contributed by atoms with Crippen LogP contribution in [-0.2, 0) is 4.79 Å². The topological polar surface area (TPSA) is 61.4 Å². The van der Waals surface area contributed by atoms with Gasteiger partial charge in [-0.3, -0.25) is 4.79 Å². The summed E-state index contributed by atoms with van der Waals surface area (Å²) in [5, 5.41) is 5.62. The van der Waals surface area contributed by atoms with E-state index in [0.29, 0.717) is 0 Å². The van der Waals surface area contributed by atoms with Crippen LogP contribution in [-0.4, -0.2) is 36.0 Å². The number of carbonyl (C=O) groups excluding carboxylic acids is 2. The van der Waals surface area contributed by atoms with E-state index in [-0.39, 0.29) is 24.0 Å². The van der Waals surface area contributed by atoms with E-state index in [9.17, 15) is 9.59 Å². The van der Waals surface area contributed by atoms with Crippen LogP contribution in [0.15, 0.2) is 18.2 Å². The van der Waals surface area contributed by atoms with Crippen molar-refractivity contribution >= 4 is 17.6 Å². The Hall–Kier alpha value is -2.04. The predicted octanol–water partition coefficient (Wildman–Crippen LogP) is 2.68. The second-order valence-corrected chi connectivity index (χ2v) is 6.46. The van der Waals surface area contributed by atoms with E-state index in [4.69, 9.17) is 0 Å². The molecule has 0 aliphatic heterocycles. The number of urea groups is 1. The van der Waals surface area contributed by atoms with Crippen molar-refractivity contribution in [2.24, 2.45) is 0 Å². The zero-order valence-electron chi connectivity index (χ0n) is 13.7. The molecule has 2 N–H and O–H groups in total. The smallest absolute Gasteiger partial charge is 0.322 e. The highest BCUT2D eigenvalue weighted by atomic mass is 16.2. The molecular formula is C16H25N3O2. The minimum absolute atomic E-state index is 0.0217. The Bertz CT molecular complexity index is 513. The first-order valence-electron chi connectivity index (χ1n) is 6.98. The maximum absolute atomic E-state index is 12.1. The second-order valence-electron chi connectivity index (χ2n) is 6.46. The summed E-state index contributed by atoms with van der Waals surface area (Å²) in [6.45, 7) is 9.68. The van der Waals surface area contributed by atoms with Gasteiger partial charge in [0, 0.05) is 18.3 Å². The largest absolute Gasteiger partial charge is 0.350 e. The fraction of sp³-hybridized carbons (Fsp3) is 0.500. The highest BCUT2D eigenvalue weighted by Gasteiger charge is 2.17. The van der Waals surface area contributed by atoms with Gasteiger partial charge in [-0.05, 0) is 57.9 Å². The minimum atomic E-state index is -0.304. The molecule has 1 aromatic carbocycles. The molecule has 0 heterocycles. The van der Waals surface area contributed by atoms with Gasteiger partial charge in [0.15, 0.2) is 0 Å². The summed E-state index contributed by atoms with van der Waals surface area (Å²) in [5.74, 6) is -0.180. The second kappa shape index (κ2) is 6.61. The molecule has 0 saturated carbocycles. The van der Waals surface area contributed by atoms with Gasteiger partial charge in [0.25, 0.3) is 0 Å². The Labute approximate surface area is 126 Å². The summed E-state index contributed by atoms with van der Waals surface area (Å²) in [4.78, 5) is 25.2. The lowest BCUT2D eigenvalue weighted by Gasteiger charge is -2.23. The lowest BCUT2D eigenvalue weighted by molar-refractivity contribution is -0.122. The van der Waals surface area contributed by atoms with Gasteiger partial charge in [0.1, 0.15) is 6.54 Å². The van der Waals surface area contributed by atoms with Gasteiger partial charge in [0.2, 0.25) is 5.91 Å². The van der Waals surface area contributed by atoms with Gasteiger partial charge in [-0.2, -0.15) is 0 Å². The van der Waals surface area contributed by atoms with Crippen LogP contribution in [0.25, 0.3) is 0 Å². The van der Waals surface area contributed by atoms with Crippen molar-refractivity contribution < 1.29 is 9.59 Å². The molecule has 1 rings (SSSR count). The SMILES string of the molecule is Cc1cc(C)cc(NC(=O)N(C)CC(=O)NC(C)(C)C)c1. The van der Waals surface area contributed by atoms with Crippen molar-refractivity contribution in [1.29, 1.82) is 0 Å². The highest BCUT2D eigenvalue weighted by Crippen LogP contribution is 2.14. The Morgan fingerprint density at radius 1 is 1.10 bits per heavy atom. The molecule has 0 aromatic heterocycles. The third-order valence-corrected chi connectivity index (χ3v) is 2.71. The molecule has 0 fully saturated rings. The van der Waals surface area contributed by atoms with E-state index in [1.165, 1.54) is 4.90 Å². The van der Waals surface area contributed by atoms with Crippen molar-refractivity contribution in [2.75, 3.05) is 18.9 Å². The van der Waals surface area contributed by atoms with E-state index in [0.717, 1.165) is 16.8 Å². The number of nitrogens with one attached hydrogen (secondary N) is 2. The van der Waals surface area contributed by atoms with Crippen molar-refractivity contribution in [3.8, 4) is 0 Å². The third kappa shape index (κ3) is 6.29. The lowest BCUT2D eigenvalue weighted by atomic mass is 10.1. The Morgan fingerprint density at radius 3 is 2.10 bits per heavy atom. The summed E-state index contributed by atoms with van der Waals surface area (Å²) < 4.78 is 0. The lowest BCUT2D eigenvalue weighted by Crippen LogP contribution is -2.47. The summed E-state index contributed by atoms with van der Waals surface area (Å²) >= 11 is 0. The van der Waals surface area contributed by atoms with Crippen molar-refractivity contribution in [1.82, 2.24) is 10.2 Å². The molecule has 5 heteroatoms. The molecule has 0 bridgehead atoms. The third-order valence-electron chi connectivity index (χ3n) is 2.71. The Kier molecular flexibility index (Phi) is 5.35. The molecule has 0 atom stereocenters. The first kappa shape index (κ1) is 17.0. The van der Waals surface area contributed by atoms with Gasteiger partial charge in [0.05, 0.1) is 0 Å². The maximum Gasteiger partial charge on any atom is 0.322 e. The van der Waals surface area contributed by atoms with Crippen LogP contribution in [0, 0.1) is 13.8 Å². The van der Waals surface area contributed by atoms with E-state index in [2.05, 4.69) is 10.6 Å². The molecule has 0 unspecified atom stereocenters. The summed E-state index contributed by atoms with van der Waals surface area (Å²) in [7, 11) is 1.60. The molecule has 5 nitrogen and oxygen atoms in total. The van der Waals surface area contributed by atoms with Crippen LogP contribution >= 0.6 is 0 Å². The van der Waals surface area contributed by atoms with Crippen LogP contribution in [0.5, 0.6) is 0 Å². The van der Waals surface area contributed by atoms with Crippen molar-refractivity contribution in [3.63, 3.8) is 0 Å². The number of rotatable bonds is 3. The Morgan fingerprint density at radius 2 is 1.62 bits per heavy atom. The van der Waals surface area contributed by atoms with Gasteiger partial charge in [-0.15, -0.1) is 0 Å². The standard InChI is InChI=1S/C16H25N3O2/c1-11-7-12(2)9-13(8-11)17-15(21)19(6)10-14(20)18-16(3,4)5/h7-9H,10H2,1-6H3,(H,17,21)(H,18,20). The number of amides is 3. The number of aryl methyl sites for hydroxylation is 2. The number of benzene rings is 1. The first-order valence-corrected chi connectivity index (χ1v) is 6.98. The fourth-order valence-corrected chi connectivity index (χ4v) is 2.01. The Balaban J connectivity index is 2.60. The van der Waals surface area contributed by atoms with Crippen LogP contribution in [0.2, 0.25) is 0 Å². The van der Waals surface area contributed by atoms with Crippen LogP contribution < -0.4 is 10.6 Å². The summed E-state index contributed by atoms with van der Waals surface area (Å²) in [6.07, 6.45) is 0. The summed E-state index contributed by atoms with van der Waals surface area (Å²) in [5.41, 5.74) is 2.60. The molecule has 0 spiro atoms. The zero-order valence-corrected chi connectivity index (χ0v) is 13.7. The van der Waals surface area contributed by atoms with Gasteiger partial charge in [-0.1, -0.05) is 6.07 Å². The minimum Gasteiger partial charge on any atom is -0.350 e. The molecular weight excluding hydrogens is 266 g/mol. The number of likely N-dealkylation sites (N-methyl/N-ethyl adjacent to an activating group) is 1. The number of hydrogen-bond donors (Lipinski definition) is 2. The van der Waals surface area contributed by atoms with Crippen LogP contribution in [0.1, 0.15) is 31.9 Å². The van der Waals surface area contributed by atoms with Crippen molar-refractivity contribution in [2.45, 2.75) is 40.2 Å². The molecule has 116 valence electrons. The van der Waals surface area contributed by atoms with Crippen LogP contribution in [0.3, 0.4) is 0 Å². The van der Waals surface area contributed by atoms with E-state index in [1.807, 2.05) is 52.8 Å². The van der Waals surface area contributed by atoms with Gasteiger partial charge >= 0.3 is 6.03 Å². The van der Waals surface area contributed by atoms with Gasteiger partial charge < -0.3 is 15.5 Å². The maximum atomic E-state index is 12.1. The fourth-order valence-electron chi connectivity index (χ4n) is 2.01. The van der Waals surface area contributed by atoms with Crippen LogP contribution in [0.4, 0.5) is 10.5 Å². The normalized spacial score (nSPS) is 11.0. The van der Waals surface area contributed by atoms with E-state index >= 15 is 0 Å². The van der Waals surface area contributed by atoms with Crippen molar-refractivity contribution in [3.05, 3.63) is 29.3 Å². The quantitative estimate of drug-likeness (QED) is 0.899. The molecule has 0 saturated heterocycles. The average Bonchev–Trinajstić information content (AvgIpc) is 2.24. The summed E-state index contributed by atoms with van der Waals surface area (Å²) in [6, 6.07) is 5.53.